The summed E-state index contributed by atoms with van der Waals surface area (Å²) in [5, 5.41) is 2.39. The number of carbonyl (C=O) groups is 1. The molecule has 0 unspecified atom stereocenters. The molecule has 1 aliphatic rings. The minimum atomic E-state index is 0.00463. The van der Waals surface area contributed by atoms with Gasteiger partial charge in [0.15, 0.2) is 0 Å². The average molecular weight is 184 g/mol. The lowest BCUT2D eigenvalue weighted by molar-refractivity contribution is -0.118. The zero-order valence-corrected chi connectivity index (χ0v) is 9.22. The molecule has 1 N–H and O–H groups in total. The van der Waals surface area contributed by atoms with E-state index in [-0.39, 0.29) is 5.91 Å². The minimum Gasteiger partial charge on any atom is -0.359 e. The summed E-state index contributed by atoms with van der Waals surface area (Å²) >= 11 is 0. The second kappa shape index (κ2) is 10.9. The van der Waals surface area contributed by atoms with Crippen molar-refractivity contribution in [2.75, 3.05) is 7.05 Å². The summed E-state index contributed by atoms with van der Waals surface area (Å²) in [6.07, 6.45) is 4.95. The topological polar surface area (TPSA) is 41.5 Å². The van der Waals surface area contributed by atoms with E-state index in [0.717, 1.165) is 6.42 Å². The molecule has 0 fully saturated rings. The summed E-state index contributed by atoms with van der Waals surface area (Å²) in [6.45, 7) is 7.50. The molecular weight excluding hydrogens is 164 g/mol. The van der Waals surface area contributed by atoms with Crippen LogP contribution in [-0.2, 0) is 4.79 Å². The fraction of sp³-hybridized carbons (Fsp3) is 0.600. The Hall–Kier alpha value is -1.12. The van der Waals surface area contributed by atoms with Gasteiger partial charge in [-0.1, -0.05) is 19.9 Å². The van der Waals surface area contributed by atoms with Crippen molar-refractivity contribution in [1.82, 2.24) is 5.32 Å². The maximum atomic E-state index is 9.70. The van der Waals surface area contributed by atoms with Crippen LogP contribution in [0.25, 0.3) is 0 Å². The van der Waals surface area contributed by atoms with Crippen molar-refractivity contribution in [3.63, 3.8) is 0 Å². The molecule has 0 radical (unpaired) electrons. The molecule has 0 aromatic carbocycles. The second-order valence-electron chi connectivity index (χ2n) is 2.26. The minimum absolute atomic E-state index is 0.00463. The van der Waals surface area contributed by atoms with Gasteiger partial charge in [-0.3, -0.25) is 9.79 Å². The molecule has 0 bridgehead atoms. The lowest BCUT2D eigenvalue weighted by Gasteiger charge is -1.80. The lowest BCUT2D eigenvalue weighted by Crippen LogP contribution is -2.11. The van der Waals surface area contributed by atoms with Crippen molar-refractivity contribution in [3.8, 4) is 0 Å². The zero-order chi connectivity index (χ0) is 10.7. The molecular formula is C10H20N2O. The summed E-state index contributed by atoms with van der Waals surface area (Å²) in [7, 11) is 1.60. The largest absolute Gasteiger partial charge is 0.359 e. The Morgan fingerprint density at radius 1 is 1.54 bits per heavy atom. The Morgan fingerprint density at radius 3 is 2.08 bits per heavy atom. The van der Waals surface area contributed by atoms with E-state index in [2.05, 4.69) is 16.4 Å². The number of carbonyl (C=O) groups excluding carboxylic acids is 1. The second-order valence-corrected chi connectivity index (χ2v) is 2.26. The smallest absolute Gasteiger partial charge is 0.216 e. The van der Waals surface area contributed by atoms with Gasteiger partial charge in [0.05, 0.1) is 0 Å². The van der Waals surface area contributed by atoms with Gasteiger partial charge in [-0.2, -0.15) is 0 Å². The number of amides is 1. The van der Waals surface area contributed by atoms with E-state index in [1.807, 2.05) is 27.0 Å². The molecule has 0 saturated heterocycles. The molecule has 1 rings (SSSR count). The van der Waals surface area contributed by atoms with Crippen LogP contribution in [0.15, 0.2) is 17.3 Å². The van der Waals surface area contributed by atoms with Crippen molar-refractivity contribution < 1.29 is 4.79 Å². The molecule has 3 nitrogen and oxygen atoms in total. The third-order valence-corrected chi connectivity index (χ3v) is 1.17. The molecule has 0 aromatic heterocycles. The maximum Gasteiger partial charge on any atom is 0.216 e. The van der Waals surface area contributed by atoms with Crippen LogP contribution in [0.2, 0.25) is 0 Å². The molecule has 1 heterocycles. The SMILES string of the molecule is CC.CC1=NC=CC1.CNC(C)=O. The van der Waals surface area contributed by atoms with Gasteiger partial charge in [0.1, 0.15) is 0 Å². The van der Waals surface area contributed by atoms with Crippen LogP contribution in [0, 0.1) is 0 Å². The van der Waals surface area contributed by atoms with E-state index in [9.17, 15) is 4.79 Å². The van der Waals surface area contributed by atoms with Crippen LogP contribution in [0.1, 0.15) is 34.1 Å². The van der Waals surface area contributed by atoms with E-state index >= 15 is 0 Å². The molecule has 0 aliphatic carbocycles. The molecule has 3 heteroatoms. The number of hydrogen-bond donors (Lipinski definition) is 1. The van der Waals surface area contributed by atoms with Gasteiger partial charge < -0.3 is 5.32 Å². The monoisotopic (exact) mass is 184 g/mol. The molecule has 0 spiro atoms. The van der Waals surface area contributed by atoms with E-state index in [4.69, 9.17) is 0 Å². The first-order valence-corrected chi connectivity index (χ1v) is 4.53. The van der Waals surface area contributed by atoms with Gasteiger partial charge in [-0.15, -0.1) is 0 Å². The summed E-state index contributed by atoms with van der Waals surface area (Å²) in [5.74, 6) is 0.00463. The van der Waals surface area contributed by atoms with Crippen molar-refractivity contribution in [1.29, 1.82) is 0 Å². The van der Waals surface area contributed by atoms with Gasteiger partial charge >= 0.3 is 0 Å². The van der Waals surface area contributed by atoms with Crippen LogP contribution < -0.4 is 5.32 Å². The predicted octanol–water partition coefficient (Wildman–Crippen LogP) is 2.14. The number of aliphatic imine (C=N–C) groups is 1. The third-order valence-electron chi connectivity index (χ3n) is 1.17. The number of nitrogens with zero attached hydrogens (tertiary/aromatic N) is 1. The molecule has 1 amide bonds. The van der Waals surface area contributed by atoms with Gasteiger partial charge in [-0.25, -0.2) is 0 Å². The van der Waals surface area contributed by atoms with Crippen LogP contribution in [-0.4, -0.2) is 18.7 Å². The summed E-state index contributed by atoms with van der Waals surface area (Å²) in [5.41, 5.74) is 1.22. The zero-order valence-electron chi connectivity index (χ0n) is 9.22. The standard InChI is InChI=1S/C5H7N.C3H7NO.C2H6/c1-5-3-2-4-6-5;1-3(5)4-2;1-2/h2,4H,3H2,1H3;1-2H3,(H,4,5);1-2H3. The van der Waals surface area contributed by atoms with E-state index in [1.165, 1.54) is 12.6 Å². The van der Waals surface area contributed by atoms with Crippen molar-refractivity contribution in [2.24, 2.45) is 4.99 Å². The van der Waals surface area contributed by atoms with Crippen LogP contribution in [0.3, 0.4) is 0 Å². The summed E-state index contributed by atoms with van der Waals surface area (Å²) in [6, 6.07) is 0. The van der Waals surface area contributed by atoms with Crippen molar-refractivity contribution >= 4 is 11.6 Å². The van der Waals surface area contributed by atoms with Gasteiger partial charge in [0.2, 0.25) is 5.91 Å². The first-order valence-electron chi connectivity index (χ1n) is 4.53. The van der Waals surface area contributed by atoms with Crippen molar-refractivity contribution in [3.05, 3.63) is 12.3 Å². The predicted molar refractivity (Wildman–Crippen MR) is 58.0 cm³/mol. The van der Waals surface area contributed by atoms with E-state index < -0.39 is 0 Å². The molecule has 1 aliphatic heterocycles. The van der Waals surface area contributed by atoms with Crippen LogP contribution in [0.5, 0.6) is 0 Å². The van der Waals surface area contributed by atoms with E-state index in [0.29, 0.717) is 0 Å². The number of hydrogen-bond acceptors (Lipinski definition) is 2. The molecule has 0 saturated carbocycles. The summed E-state index contributed by atoms with van der Waals surface area (Å²) in [4.78, 5) is 13.7. The Morgan fingerprint density at radius 2 is 2.00 bits per heavy atom. The van der Waals surface area contributed by atoms with Gasteiger partial charge in [0, 0.05) is 32.3 Å². The molecule has 13 heavy (non-hydrogen) atoms. The highest BCUT2D eigenvalue weighted by Crippen LogP contribution is 1.96. The highest BCUT2D eigenvalue weighted by atomic mass is 16.1. The molecule has 76 valence electrons. The Balaban J connectivity index is 0. The third kappa shape index (κ3) is 13.8. The normalized spacial score (nSPS) is 11.6. The Labute approximate surface area is 80.9 Å². The van der Waals surface area contributed by atoms with Crippen molar-refractivity contribution in [2.45, 2.75) is 34.1 Å². The molecule has 0 atom stereocenters. The number of allylic oxidation sites excluding steroid dienone is 1. The maximum absolute atomic E-state index is 9.70. The first kappa shape index (κ1) is 14.4. The van der Waals surface area contributed by atoms with Gasteiger partial charge in [-0.05, 0) is 6.92 Å². The first-order chi connectivity index (χ1) is 6.16. The fourth-order valence-electron chi connectivity index (χ4n) is 0.456. The Bertz CT molecular complexity index is 183. The van der Waals surface area contributed by atoms with Crippen LogP contribution in [0.4, 0.5) is 0 Å². The average Bonchev–Trinajstić information content (AvgIpc) is 2.60. The number of rotatable bonds is 0. The van der Waals surface area contributed by atoms with Gasteiger partial charge in [0.25, 0.3) is 0 Å². The highest BCUT2D eigenvalue weighted by molar-refractivity contribution is 5.85. The number of nitrogens with one attached hydrogen (secondary N) is 1. The van der Waals surface area contributed by atoms with E-state index in [1.54, 1.807) is 7.05 Å². The highest BCUT2D eigenvalue weighted by Gasteiger charge is 1.88. The Kier molecular flexibility index (Phi) is 12.1. The fourth-order valence-corrected chi connectivity index (χ4v) is 0.456. The lowest BCUT2D eigenvalue weighted by atomic mass is 10.3. The quantitative estimate of drug-likeness (QED) is 0.615. The molecule has 0 aromatic rings. The van der Waals surface area contributed by atoms with Crippen LogP contribution >= 0.6 is 0 Å². The summed E-state index contributed by atoms with van der Waals surface area (Å²) < 4.78 is 0.